The van der Waals surface area contributed by atoms with Crippen LogP contribution in [0.2, 0.25) is 5.02 Å². The number of para-hydroxylation sites is 1. The molecule has 1 aromatic heterocycles. The number of rotatable bonds is 7. The normalized spacial score (nSPS) is 15.0. The minimum atomic E-state index is -0.427. The highest BCUT2D eigenvalue weighted by atomic mass is 35.5. The van der Waals surface area contributed by atoms with E-state index in [1.54, 1.807) is 11.8 Å². The Balaban J connectivity index is 1.31. The summed E-state index contributed by atoms with van der Waals surface area (Å²) in [6, 6.07) is 24.9. The summed E-state index contributed by atoms with van der Waals surface area (Å²) in [6.07, 6.45) is 3.96. The molecule has 0 aliphatic heterocycles. The second-order valence-electron chi connectivity index (χ2n) is 9.14. The Hall–Kier alpha value is -2.69. The van der Waals surface area contributed by atoms with Crippen LogP contribution >= 0.6 is 23.4 Å². The van der Waals surface area contributed by atoms with Gasteiger partial charge in [0.05, 0.1) is 11.1 Å². The summed E-state index contributed by atoms with van der Waals surface area (Å²) < 4.78 is 0. The zero-order valence-electron chi connectivity index (χ0n) is 19.4. The van der Waals surface area contributed by atoms with Crippen LogP contribution in [0.15, 0.2) is 77.7 Å². The lowest BCUT2D eigenvalue weighted by Gasteiger charge is -2.28. The van der Waals surface area contributed by atoms with Crippen LogP contribution in [0, 0.1) is 6.92 Å². The number of amides is 1. The number of hydrogen-bond donors (Lipinski definition) is 2. The van der Waals surface area contributed by atoms with E-state index in [9.17, 15) is 4.79 Å². The topological polar surface area (TPSA) is 44.9 Å². The predicted octanol–water partition coefficient (Wildman–Crippen LogP) is 7.52. The molecule has 1 saturated carbocycles. The third kappa shape index (κ3) is 4.49. The largest absolute Gasteiger partial charge is 0.354 e. The Morgan fingerprint density at radius 2 is 1.71 bits per heavy atom. The number of carbonyl (C=O) groups is 1. The average molecular weight is 489 g/mol. The van der Waals surface area contributed by atoms with Gasteiger partial charge in [-0.25, -0.2) is 0 Å². The smallest absolute Gasteiger partial charge is 0.230 e. The molecule has 1 aliphatic rings. The van der Waals surface area contributed by atoms with Crippen molar-refractivity contribution in [2.24, 2.45) is 0 Å². The standard InChI is InChI=1S/C29H29ClN2OS/c1-20-8-10-21(11-9-20)26-27(24-6-2-3-7-25(24)32-26)34-19-18-31-28(33)29(16-4-5-17-29)22-12-14-23(30)15-13-22/h2-3,6-15,32H,4-5,16-19H2,1H3,(H,31,33). The summed E-state index contributed by atoms with van der Waals surface area (Å²) in [5.41, 5.74) is 5.36. The number of fused-ring (bicyclic) bond motifs is 1. The Bertz CT molecular complexity index is 1290. The molecule has 4 aromatic rings. The van der Waals surface area contributed by atoms with Crippen LogP contribution in [0.4, 0.5) is 0 Å². The van der Waals surface area contributed by atoms with Crippen LogP contribution in [0.25, 0.3) is 22.2 Å². The van der Waals surface area contributed by atoms with Crippen LogP contribution in [0.5, 0.6) is 0 Å². The van der Waals surface area contributed by atoms with Crippen molar-refractivity contribution in [3.63, 3.8) is 0 Å². The molecule has 1 heterocycles. The lowest BCUT2D eigenvalue weighted by atomic mass is 9.78. The maximum atomic E-state index is 13.4. The van der Waals surface area contributed by atoms with Gasteiger partial charge in [-0.3, -0.25) is 4.79 Å². The first-order valence-electron chi connectivity index (χ1n) is 11.9. The van der Waals surface area contributed by atoms with Gasteiger partial charge in [0, 0.05) is 33.1 Å². The van der Waals surface area contributed by atoms with Crippen molar-refractivity contribution in [1.29, 1.82) is 0 Å². The molecule has 0 atom stereocenters. The fraction of sp³-hybridized carbons (Fsp3) is 0.276. The fourth-order valence-corrected chi connectivity index (χ4v) is 6.25. The number of hydrogen-bond acceptors (Lipinski definition) is 2. The van der Waals surface area contributed by atoms with Gasteiger partial charge in [0.15, 0.2) is 0 Å². The molecular weight excluding hydrogens is 460 g/mol. The molecule has 174 valence electrons. The molecule has 3 aromatic carbocycles. The van der Waals surface area contributed by atoms with Gasteiger partial charge in [-0.05, 0) is 49.1 Å². The number of nitrogens with one attached hydrogen (secondary N) is 2. The first kappa shape index (κ1) is 23.1. The Labute approximate surface area is 210 Å². The molecule has 0 bridgehead atoms. The van der Waals surface area contributed by atoms with Gasteiger partial charge in [-0.15, -0.1) is 11.8 Å². The van der Waals surface area contributed by atoms with Crippen molar-refractivity contribution in [2.75, 3.05) is 12.3 Å². The van der Waals surface area contributed by atoms with E-state index in [-0.39, 0.29) is 5.91 Å². The summed E-state index contributed by atoms with van der Waals surface area (Å²) in [5, 5.41) is 5.18. The minimum Gasteiger partial charge on any atom is -0.354 e. The Morgan fingerprint density at radius 3 is 2.44 bits per heavy atom. The lowest BCUT2D eigenvalue weighted by molar-refractivity contribution is -0.126. The van der Waals surface area contributed by atoms with Gasteiger partial charge in [-0.2, -0.15) is 0 Å². The van der Waals surface area contributed by atoms with Crippen molar-refractivity contribution in [2.45, 2.75) is 42.9 Å². The number of aromatic amines is 1. The average Bonchev–Trinajstić information content (AvgIpc) is 3.49. The second-order valence-corrected chi connectivity index (χ2v) is 10.7. The Morgan fingerprint density at radius 1 is 1.00 bits per heavy atom. The van der Waals surface area contributed by atoms with E-state index in [0.717, 1.165) is 48.2 Å². The van der Waals surface area contributed by atoms with Gasteiger partial charge in [0.25, 0.3) is 0 Å². The number of carbonyl (C=O) groups excluding carboxylic acids is 1. The van der Waals surface area contributed by atoms with E-state index in [0.29, 0.717) is 11.6 Å². The predicted molar refractivity (Wildman–Crippen MR) is 144 cm³/mol. The summed E-state index contributed by atoms with van der Waals surface area (Å²) >= 11 is 7.89. The van der Waals surface area contributed by atoms with Gasteiger partial charge in [0.1, 0.15) is 0 Å². The lowest BCUT2D eigenvalue weighted by Crippen LogP contribution is -2.43. The molecular formula is C29H29ClN2OS. The van der Waals surface area contributed by atoms with Crippen LogP contribution < -0.4 is 5.32 Å². The number of halogens is 1. The zero-order chi connectivity index (χ0) is 23.5. The molecule has 1 aliphatic carbocycles. The first-order chi connectivity index (χ1) is 16.6. The number of H-pyrrole nitrogens is 1. The highest BCUT2D eigenvalue weighted by Gasteiger charge is 2.42. The highest BCUT2D eigenvalue weighted by molar-refractivity contribution is 7.99. The van der Waals surface area contributed by atoms with Crippen LogP contribution in [-0.4, -0.2) is 23.2 Å². The zero-order valence-corrected chi connectivity index (χ0v) is 20.9. The summed E-state index contributed by atoms with van der Waals surface area (Å²) in [7, 11) is 0. The molecule has 0 radical (unpaired) electrons. The maximum absolute atomic E-state index is 13.4. The molecule has 0 unspecified atom stereocenters. The van der Waals surface area contributed by atoms with Crippen molar-refractivity contribution < 1.29 is 4.79 Å². The van der Waals surface area contributed by atoms with Gasteiger partial charge >= 0.3 is 0 Å². The number of benzene rings is 3. The van der Waals surface area contributed by atoms with E-state index < -0.39 is 5.41 Å². The molecule has 0 saturated heterocycles. The SMILES string of the molecule is Cc1ccc(-c2[nH]c3ccccc3c2SCCNC(=O)C2(c3ccc(Cl)cc3)CCCC2)cc1. The quantitative estimate of drug-likeness (QED) is 0.209. The molecule has 2 N–H and O–H groups in total. The first-order valence-corrected chi connectivity index (χ1v) is 13.3. The molecule has 0 spiro atoms. The summed E-state index contributed by atoms with van der Waals surface area (Å²) in [4.78, 5) is 18.2. The monoisotopic (exact) mass is 488 g/mol. The van der Waals surface area contributed by atoms with Crippen LogP contribution in [0.3, 0.4) is 0 Å². The van der Waals surface area contributed by atoms with Crippen molar-refractivity contribution in [3.05, 3.63) is 88.9 Å². The van der Waals surface area contributed by atoms with E-state index in [2.05, 4.69) is 65.8 Å². The maximum Gasteiger partial charge on any atom is 0.230 e. The van der Waals surface area contributed by atoms with Gasteiger partial charge in [-0.1, -0.05) is 84.6 Å². The van der Waals surface area contributed by atoms with Crippen LogP contribution in [-0.2, 0) is 10.2 Å². The number of aromatic nitrogens is 1. The second kappa shape index (κ2) is 9.89. The van der Waals surface area contributed by atoms with Gasteiger partial charge in [0.2, 0.25) is 5.91 Å². The molecule has 34 heavy (non-hydrogen) atoms. The number of thioether (sulfide) groups is 1. The minimum absolute atomic E-state index is 0.144. The van der Waals surface area contributed by atoms with Crippen molar-refractivity contribution in [1.82, 2.24) is 10.3 Å². The van der Waals surface area contributed by atoms with E-state index in [4.69, 9.17) is 11.6 Å². The number of aryl methyl sites for hydroxylation is 1. The molecule has 1 amide bonds. The third-order valence-electron chi connectivity index (χ3n) is 6.92. The molecule has 3 nitrogen and oxygen atoms in total. The summed E-state index contributed by atoms with van der Waals surface area (Å²) in [6.45, 7) is 2.74. The van der Waals surface area contributed by atoms with Gasteiger partial charge < -0.3 is 10.3 Å². The third-order valence-corrected chi connectivity index (χ3v) is 8.29. The van der Waals surface area contributed by atoms with E-state index >= 15 is 0 Å². The summed E-state index contributed by atoms with van der Waals surface area (Å²) in [5.74, 6) is 0.953. The molecule has 1 fully saturated rings. The van der Waals surface area contributed by atoms with Crippen molar-refractivity contribution >= 4 is 40.2 Å². The molecule has 5 rings (SSSR count). The highest BCUT2D eigenvalue weighted by Crippen LogP contribution is 2.42. The fourth-order valence-electron chi connectivity index (χ4n) is 5.07. The van der Waals surface area contributed by atoms with Crippen LogP contribution in [0.1, 0.15) is 36.8 Å². The van der Waals surface area contributed by atoms with E-state index in [1.807, 2.05) is 24.3 Å². The van der Waals surface area contributed by atoms with Crippen molar-refractivity contribution in [3.8, 4) is 11.3 Å². The Kier molecular flexibility index (Phi) is 6.71. The van der Waals surface area contributed by atoms with E-state index in [1.165, 1.54) is 21.4 Å². The molecule has 5 heteroatoms.